The van der Waals surface area contributed by atoms with Crippen LogP contribution in [0, 0.1) is 10.1 Å². The number of nitro benzene ring substituents is 1. The van der Waals surface area contributed by atoms with Crippen molar-refractivity contribution in [1.82, 2.24) is 0 Å². The molecule has 9 heteroatoms. The van der Waals surface area contributed by atoms with Gasteiger partial charge in [-0.05, 0) is 35.9 Å². The first-order valence-corrected chi connectivity index (χ1v) is 7.46. The predicted octanol–water partition coefficient (Wildman–Crippen LogP) is 1.70. The molecule has 0 saturated carbocycles. The first-order valence-electron chi connectivity index (χ1n) is 5.92. The van der Waals surface area contributed by atoms with Crippen molar-refractivity contribution < 1.29 is 18.4 Å². The fourth-order valence-corrected chi connectivity index (χ4v) is 2.14. The molecule has 2 aromatic carbocycles. The second kappa shape index (κ2) is 5.92. The van der Waals surface area contributed by atoms with Crippen molar-refractivity contribution >= 4 is 27.6 Å². The van der Waals surface area contributed by atoms with Crippen molar-refractivity contribution in [2.45, 2.75) is 4.90 Å². The normalized spacial score (nSPS) is 11.7. The minimum Gasteiger partial charge on any atom is -0.506 e. The number of nitro groups is 1. The maximum absolute atomic E-state index is 11.3. The third-order valence-electron chi connectivity index (χ3n) is 2.73. The average molecular weight is 321 g/mol. The molecule has 0 bridgehead atoms. The van der Waals surface area contributed by atoms with Crippen molar-refractivity contribution in [1.29, 1.82) is 0 Å². The number of sulfonamides is 1. The van der Waals surface area contributed by atoms with Crippen molar-refractivity contribution in [3.63, 3.8) is 0 Å². The van der Waals surface area contributed by atoms with Gasteiger partial charge in [0.05, 0.1) is 9.82 Å². The van der Waals surface area contributed by atoms with E-state index in [-0.39, 0.29) is 22.0 Å². The number of phenols is 1. The van der Waals surface area contributed by atoms with Crippen molar-refractivity contribution in [3.05, 3.63) is 58.1 Å². The minimum absolute atomic E-state index is 0.0184. The highest BCUT2D eigenvalue weighted by atomic mass is 32.2. The Labute approximate surface area is 125 Å². The zero-order valence-corrected chi connectivity index (χ0v) is 11.9. The van der Waals surface area contributed by atoms with Gasteiger partial charge in [-0.3, -0.25) is 15.1 Å². The van der Waals surface area contributed by atoms with E-state index in [1.54, 1.807) is 0 Å². The lowest BCUT2D eigenvalue weighted by molar-refractivity contribution is -0.384. The lowest BCUT2D eigenvalue weighted by Crippen LogP contribution is -2.11. The van der Waals surface area contributed by atoms with Crippen LogP contribution in [0.2, 0.25) is 0 Å². The maximum atomic E-state index is 11.3. The van der Waals surface area contributed by atoms with Gasteiger partial charge >= 0.3 is 0 Å². The molecule has 0 heterocycles. The molecule has 3 N–H and O–H groups in total. The molecule has 2 rings (SSSR count). The molecule has 0 atom stereocenters. The van der Waals surface area contributed by atoms with Gasteiger partial charge in [0.2, 0.25) is 10.0 Å². The second-order valence-electron chi connectivity index (χ2n) is 4.30. The molecule has 0 aliphatic carbocycles. The minimum atomic E-state index is -3.90. The van der Waals surface area contributed by atoms with Gasteiger partial charge in [0.15, 0.2) is 0 Å². The van der Waals surface area contributed by atoms with E-state index in [9.17, 15) is 23.6 Å². The van der Waals surface area contributed by atoms with Gasteiger partial charge in [0.25, 0.3) is 5.69 Å². The number of primary sulfonamides is 1. The molecule has 0 unspecified atom stereocenters. The summed E-state index contributed by atoms with van der Waals surface area (Å²) >= 11 is 0. The van der Waals surface area contributed by atoms with Gasteiger partial charge in [-0.1, -0.05) is 0 Å². The van der Waals surface area contributed by atoms with E-state index in [1.807, 2.05) is 0 Å². The summed E-state index contributed by atoms with van der Waals surface area (Å²) in [5, 5.41) is 25.2. The number of nitrogens with zero attached hydrogens (tertiary/aromatic N) is 2. The van der Waals surface area contributed by atoms with Gasteiger partial charge in [-0.25, -0.2) is 13.6 Å². The van der Waals surface area contributed by atoms with Crippen LogP contribution >= 0.6 is 0 Å². The molecule has 22 heavy (non-hydrogen) atoms. The third kappa shape index (κ3) is 3.65. The standard InChI is InChI=1S/C13H11N3O5S/c14-22(20,21)11-5-6-13(17)12(7-11)15-8-9-1-3-10(4-2-9)16(18)19/h1-8,17H,(H2,14,20,21). The smallest absolute Gasteiger partial charge is 0.269 e. The summed E-state index contributed by atoms with van der Waals surface area (Å²) < 4.78 is 22.5. The zero-order chi connectivity index (χ0) is 16.3. The van der Waals surface area contributed by atoms with E-state index >= 15 is 0 Å². The monoisotopic (exact) mass is 321 g/mol. The number of aromatic hydroxyl groups is 1. The van der Waals surface area contributed by atoms with Crippen LogP contribution < -0.4 is 5.14 Å². The third-order valence-corrected chi connectivity index (χ3v) is 3.64. The number of phenolic OH excluding ortho intramolecular Hbond substituents is 1. The molecule has 0 radical (unpaired) electrons. The first kappa shape index (κ1) is 15.6. The van der Waals surface area contributed by atoms with Crippen molar-refractivity contribution in [3.8, 4) is 5.75 Å². The van der Waals surface area contributed by atoms with Crippen LogP contribution in [0.5, 0.6) is 5.75 Å². The van der Waals surface area contributed by atoms with Crippen LogP contribution in [0.4, 0.5) is 11.4 Å². The van der Waals surface area contributed by atoms with E-state index in [4.69, 9.17) is 5.14 Å². The van der Waals surface area contributed by atoms with Crippen LogP contribution in [-0.4, -0.2) is 24.7 Å². The van der Waals surface area contributed by atoms with Crippen molar-refractivity contribution in [2.75, 3.05) is 0 Å². The van der Waals surface area contributed by atoms with E-state index < -0.39 is 14.9 Å². The quantitative estimate of drug-likeness (QED) is 0.501. The Morgan fingerprint density at radius 1 is 1.18 bits per heavy atom. The van der Waals surface area contributed by atoms with Gasteiger partial charge in [0.1, 0.15) is 11.4 Å². The molecule has 0 aliphatic heterocycles. The summed E-state index contributed by atoms with van der Waals surface area (Å²) in [6.07, 6.45) is 1.34. The Balaban J connectivity index is 2.31. The molecule has 0 amide bonds. The van der Waals surface area contributed by atoms with Gasteiger partial charge in [-0.15, -0.1) is 0 Å². The maximum Gasteiger partial charge on any atom is 0.269 e. The fourth-order valence-electron chi connectivity index (χ4n) is 1.61. The number of aliphatic imine (C=N–C) groups is 1. The molecule has 0 spiro atoms. The fraction of sp³-hybridized carbons (Fsp3) is 0. The Morgan fingerprint density at radius 2 is 1.82 bits per heavy atom. The summed E-state index contributed by atoms with van der Waals surface area (Å²) in [6, 6.07) is 9.03. The summed E-state index contributed by atoms with van der Waals surface area (Å²) in [7, 11) is -3.90. The predicted molar refractivity (Wildman–Crippen MR) is 79.8 cm³/mol. The SMILES string of the molecule is NS(=O)(=O)c1ccc(O)c(N=Cc2ccc([N+](=O)[O-])cc2)c1. The van der Waals surface area contributed by atoms with E-state index in [1.165, 1.54) is 36.5 Å². The lowest BCUT2D eigenvalue weighted by Gasteiger charge is -2.02. The van der Waals surface area contributed by atoms with Crippen LogP contribution in [0.15, 0.2) is 52.4 Å². The molecule has 2 aromatic rings. The molecular weight excluding hydrogens is 310 g/mol. The van der Waals surface area contributed by atoms with Gasteiger partial charge in [0, 0.05) is 18.3 Å². The molecule has 0 aliphatic rings. The van der Waals surface area contributed by atoms with Gasteiger partial charge in [-0.2, -0.15) is 0 Å². The molecular formula is C13H11N3O5S. The molecule has 0 aromatic heterocycles. The Morgan fingerprint density at radius 3 is 2.36 bits per heavy atom. The number of hydrogen-bond donors (Lipinski definition) is 2. The highest BCUT2D eigenvalue weighted by Crippen LogP contribution is 2.28. The largest absolute Gasteiger partial charge is 0.506 e. The Kier molecular flexibility index (Phi) is 4.20. The zero-order valence-electron chi connectivity index (χ0n) is 11.1. The van der Waals surface area contributed by atoms with Crippen LogP contribution in [0.25, 0.3) is 0 Å². The molecule has 0 saturated heterocycles. The van der Waals surface area contributed by atoms with Crippen LogP contribution in [0.1, 0.15) is 5.56 Å². The van der Waals surface area contributed by atoms with E-state index in [2.05, 4.69) is 4.99 Å². The first-order chi connectivity index (χ1) is 10.3. The van der Waals surface area contributed by atoms with Crippen molar-refractivity contribution in [2.24, 2.45) is 10.1 Å². The number of hydrogen-bond acceptors (Lipinski definition) is 6. The highest BCUT2D eigenvalue weighted by Gasteiger charge is 2.10. The second-order valence-corrected chi connectivity index (χ2v) is 5.86. The summed E-state index contributed by atoms with van der Waals surface area (Å²) in [5.41, 5.74) is 0.507. The molecule has 0 fully saturated rings. The summed E-state index contributed by atoms with van der Waals surface area (Å²) in [4.78, 5) is 13.8. The van der Waals surface area contributed by atoms with Crippen LogP contribution in [0.3, 0.4) is 0 Å². The van der Waals surface area contributed by atoms with Gasteiger partial charge < -0.3 is 5.11 Å². The molecule has 8 nitrogen and oxygen atoms in total. The Bertz CT molecular complexity index is 844. The number of benzene rings is 2. The number of rotatable bonds is 4. The lowest BCUT2D eigenvalue weighted by atomic mass is 10.2. The topological polar surface area (TPSA) is 136 Å². The molecule has 114 valence electrons. The number of non-ortho nitro benzene ring substituents is 1. The highest BCUT2D eigenvalue weighted by molar-refractivity contribution is 7.89. The van der Waals surface area contributed by atoms with Crippen LogP contribution in [-0.2, 0) is 10.0 Å². The Hall–Kier alpha value is -2.78. The average Bonchev–Trinajstić information content (AvgIpc) is 2.45. The number of nitrogens with two attached hydrogens (primary N) is 1. The van der Waals surface area contributed by atoms with E-state index in [0.29, 0.717) is 5.56 Å². The summed E-state index contributed by atoms with van der Waals surface area (Å²) in [6.45, 7) is 0. The summed E-state index contributed by atoms with van der Waals surface area (Å²) in [5.74, 6) is -0.217. The van der Waals surface area contributed by atoms with E-state index in [0.717, 1.165) is 12.1 Å².